The number of rotatable bonds is 4. The highest BCUT2D eigenvalue weighted by atomic mass is 79.9. The van der Waals surface area contributed by atoms with E-state index in [9.17, 15) is 18.0 Å². The first-order valence-electron chi connectivity index (χ1n) is 5.61. The first kappa shape index (κ1) is 15.7. The summed E-state index contributed by atoms with van der Waals surface area (Å²) in [5.41, 5.74) is -0.998. The Hall–Kier alpha value is -1.35. The maximum absolute atomic E-state index is 12.7. The van der Waals surface area contributed by atoms with Gasteiger partial charge in [0, 0.05) is 10.0 Å². The monoisotopic (exact) mass is 333 g/mol. The van der Waals surface area contributed by atoms with Gasteiger partial charge in [-0.3, -0.25) is 4.79 Å². The number of carbonyl (C=O) groups is 1. The van der Waals surface area contributed by atoms with Crippen molar-refractivity contribution in [1.29, 1.82) is 5.26 Å². The van der Waals surface area contributed by atoms with Crippen LogP contribution in [0.4, 0.5) is 13.2 Å². The molecule has 0 amide bonds. The minimum Gasteiger partial charge on any atom is -0.293 e. The van der Waals surface area contributed by atoms with E-state index in [-0.39, 0.29) is 10.0 Å². The topological polar surface area (TPSA) is 40.9 Å². The van der Waals surface area contributed by atoms with Crippen molar-refractivity contribution in [3.8, 4) is 6.07 Å². The Kier molecular flexibility index (Phi) is 5.12. The van der Waals surface area contributed by atoms with Crippen LogP contribution in [0.25, 0.3) is 0 Å². The Morgan fingerprint density at radius 3 is 2.58 bits per heavy atom. The molecule has 0 aromatic heterocycles. The van der Waals surface area contributed by atoms with E-state index < -0.39 is 23.4 Å². The molecule has 0 fully saturated rings. The van der Waals surface area contributed by atoms with E-state index in [4.69, 9.17) is 5.26 Å². The number of hydrogen-bond acceptors (Lipinski definition) is 2. The zero-order chi connectivity index (χ0) is 14.6. The van der Waals surface area contributed by atoms with Crippen LogP contribution in [0.2, 0.25) is 0 Å². The van der Waals surface area contributed by atoms with Crippen molar-refractivity contribution in [3.63, 3.8) is 0 Å². The van der Waals surface area contributed by atoms with Crippen molar-refractivity contribution in [1.82, 2.24) is 0 Å². The van der Waals surface area contributed by atoms with Gasteiger partial charge in [-0.15, -0.1) is 0 Å². The molecule has 0 radical (unpaired) electrons. The van der Waals surface area contributed by atoms with Gasteiger partial charge in [-0.05, 0) is 18.6 Å². The van der Waals surface area contributed by atoms with Crippen molar-refractivity contribution < 1.29 is 18.0 Å². The van der Waals surface area contributed by atoms with Crippen LogP contribution >= 0.6 is 15.9 Å². The fraction of sp³-hybridized carbons (Fsp3) is 0.385. The minimum absolute atomic E-state index is 0.0875. The third-order valence-electron chi connectivity index (χ3n) is 2.61. The lowest BCUT2D eigenvalue weighted by atomic mass is 9.94. The third-order valence-corrected chi connectivity index (χ3v) is 3.30. The van der Waals surface area contributed by atoms with Gasteiger partial charge in [0.25, 0.3) is 0 Å². The van der Waals surface area contributed by atoms with E-state index in [1.54, 1.807) is 6.92 Å². The number of benzene rings is 1. The van der Waals surface area contributed by atoms with Crippen LogP contribution in [0.15, 0.2) is 22.7 Å². The quantitative estimate of drug-likeness (QED) is 0.756. The average molecular weight is 334 g/mol. The second kappa shape index (κ2) is 6.20. The smallest absolute Gasteiger partial charge is 0.293 e. The zero-order valence-electron chi connectivity index (χ0n) is 10.1. The molecular formula is C13H11BrF3NO. The van der Waals surface area contributed by atoms with Gasteiger partial charge in [0.2, 0.25) is 0 Å². The molecule has 1 unspecified atom stereocenters. The summed E-state index contributed by atoms with van der Waals surface area (Å²) in [7, 11) is 0. The predicted octanol–water partition coefficient (Wildman–Crippen LogP) is 4.59. The third kappa shape index (κ3) is 3.80. The Balaban J connectivity index is 3.16. The molecule has 1 rings (SSSR count). The van der Waals surface area contributed by atoms with Gasteiger partial charge in [0.15, 0.2) is 5.78 Å². The van der Waals surface area contributed by atoms with Crippen LogP contribution in [0, 0.1) is 17.2 Å². The summed E-state index contributed by atoms with van der Waals surface area (Å²) in [4.78, 5) is 12.0. The molecule has 2 nitrogen and oxygen atoms in total. The molecule has 0 aliphatic carbocycles. The normalized spacial score (nSPS) is 12.8. The molecule has 0 bridgehead atoms. The lowest BCUT2D eigenvalue weighted by molar-refractivity contribution is -0.138. The van der Waals surface area contributed by atoms with Crippen molar-refractivity contribution in [2.75, 3.05) is 0 Å². The Morgan fingerprint density at radius 1 is 1.47 bits per heavy atom. The molecule has 1 aromatic rings. The van der Waals surface area contributed by atoms with E-state index in [1.165, 1.54) is 12.1 Å². The molecule has 1 aromatic carbocycles. The van der Waals surface area contributed by atoms with Gasteiger partial charge in [0.05, 0.1) is 11.6 Å². The summed E-state index contributed by atoms with van der Waals surface area (Å²) in [6, 6.07) is 5.09. The highest BCUT2D eigenvalue weighted by Crippen LogP contribution is 2.35. The van der Waals surface area contributed by atoms with E-state index in [2.05, 4.69) is 15.9 Å². The molecule has 0 saturated carbocycles. The fourth-order valence-corrected chi connectivity index (χ4v) is 2.11. The number of ketones is 1. The van der Waals surface area contributed by atoms with Crippen molar-refractivity contribution >= 4 is 21.7 Å². The van der Waals surface area contributed by atoms with Crippen LogP contribution < -0.4 is 0 Å². The number of hydrogen-bond donors (Lipinski definition) is 0. The van der Waals surface area contributed by atoms with E-state index in [0.29, 0.717) is 12.8 Å². The van der Waals surface area contributed by atoms with Crippen LogP contribution in [-0.2, 0) is 6.18 Å². The van der Waals surface area contributed by atoms with Gasteiger partial charge in [0.1, 0.15) is 5.92 Å². The van der Waals surface area contributed by atoms with Crippen molar-refractivity contribution in [2.45, 2.75) is 25.9 Å². The van der Waals surface area contributed by atoms with E-state index in [1.807, 2.05) is 6.07 Å². The molecule has 0 saturated heterocycles. The van der Waals surface area contributed by atoms with E-state index in [0.717, 1.165) is 6.07 Å². The molecule has 1 atom stereocenters. The maximum atomic E-state index is 12.7. The molecule has 0 heterocycles. The molecule has 6 heteroatoms. The van der Waals surface area contributed by atoms with Crippen molar-refractivity contribution in [3.05, 3.63) is 33.8 Å². The number of Topliss-reactive ketones (excluding diaryl/α,β-unsaturated/α-hetero) is 1. The first-order chi connectivity index (χ1) is 8.81. The Labute approximate surface area is 117 Å². The summed E-state index contributed by atoms with van der Waals surface area (Å²) < 4.78 is 38.0. The lowest BCUT2D eigenvalue weighted by Gasteiger charge is -2.12. The molecule has 0 spiro atoms. The number of nitriles is 1. The van der Waals surface area contributed by atoms with Crippen LogP contribution in [0.1, 0.15) is 35.7 Å². The molecule has 19 heavy (non-hydrogen) atoms. The highest BCUT2D eigenvalue weighted by molar-refractivity contribution is 9.10. The number of carbonyl (C=O) groups excluding carboxylic acids is 1. The van der Waals surface area contributed by atoms with Crippen LogP contribution in [0.3, 0.4) is 0 Å². The molecule has 0 aliphatic heterocycles. The summed E-state index contributed by atoms with van der Waals surface area (Å²) in [6.45, 7) is 1.81. The average Bonchev–Trinajstić information content (AvgIpc) is 2.34. The number of alkyl halides is 3. The van der Waals surface area contributed by atoms with Gasteiger partial charge < -0.3 is 0 Å². The summed E-state index contributed by atoms with van der Waals surface area (Å²) in [5, 5.41) is 8.87. The standard InChI is InChI=1S/C13H11BrF3NO/c1-2-3-9(7-18)12(19)8-4-5-11(14)10(6-8)13(15,16)17/h4-6,9H,2-3H2,1H3. The summed E-state index contributed by atoms with van der Waals surface area (Å²) in [5.74, 6) is -1.46. The second-order valence-corrected chi connectivity index (χ2v) is 4.88. The highest BCUT2D eigenvalue weighted by Gasteiger charge is 2.34. The van der Waals surface area contributed by atoms with Crippen LogP contribution in [0.5, 0.6) is 0 Å². The van der Waals surface area contributed by atoms with E-state index >= 15 is 0 Å². The van der Waals surface area contributed by atoms with Gasteiger partial charge >= 0.3 is 6.18 Å². The largest absolute Gasteiger partial charge is 0.417 e. The lowest BCUT2D eigenvalue weighted by Crippen LogP contribution is -2.15. The predicted molar refractivity (Wildman–Crippen MR) is 67.5 cm³/mol. The van der Waals surface area contributed by atoms with Crippen LogP contribution in [-0.4, -0.2) is 5.78 Å². The Bertz CT molecular complexity index is 520. The molecular weight excluding hydrogens is 323 g/mol. The zero-order valence-corrected chi connectivity index (χ0v) is 11.7. The molecule has 0 aliphatic rings. The molecule has 102 valence electrons. The van der Waals surface area contributed by atoms with Gasteiger partial charge in [-0.2, -0.15) is 18.4 Å². The second-order valence-electron chi connectivity index (χ2n) is 4.03. The van der Waals surface area contributed by atoms with Gasteiger partial charge in [-0.1, -0.05) is 35.3 Å². The number of nitrogens with zero attached hydrogens (tertiary/aromatic N) is 1. The first-order valence-corrected chi connectivity index (χ1v) is 6.41. The SMILES string of the molecule is CCCC(C#N)C(=O)c1ccc(Br)c(C(F)(F)F)c1. The van der Waals surface area contributed by atoms with Gasteiger partial charge in [-0.25, -0.2) is 0 Å². The molecule has 0 N–H and O–H groups in total. The summed E-state index contributed by atoms with van der Waals surface area (Å²) >= 11 is 2.80. The maximum Gasteiger partial charge on any atom is 0.417 e. The Morgan fingerprint density at radius 2 is 2.11 bits per heavy atom. The number of halogens is 4. The summed E-state index contributed by atoms with van der Waals surface area (Å²) in [6.07, 6.45) is -3.58. The minimum atomic E-state index is -4.54. The van der Waals surface area contributed by atoms with Crippen molar-refractivity contribution in [2.24, 2.45) is 5.92 Å². The fourth-order valence-electron chi connectivity index (χ4n) is 1.64.